The highest BCUT2D eigenvalue weighted by atomic mass is 16.5. The van der Waals surface area contributed by atoms with Gasteiger partial charge in [-0.15, -0.1) is 0 Å². The van der Waals surface area contributed by atoms with Crippen LogP contribution in [0.3, 0.4) is 0 Å². The summed E-state index contributed by atoms with van der Waals surface area (Å²) >= 11 is 0. The van der Waals surface area contributed by atoms with Crippen molar-refractivity contribution in [3.8, 4) is 5.75 Å². The molecule has 1 aliphatic rings. The first-order valence-corrected chi connectivity index (χ1v) is 10.0. The van der Waals surface area contributed by atoms with Gasteiger partial charge in [-0.2, -0.15) is 0 Å². The van der Waals surface area contributed by atoms with Gasteiger partial charge in [0.2, 0.25) is 0 Å². The van der Waals surface area contributed by atoms with E-state index in [4.69, 9.17) is 4.74 Å². The molecule has 1 aromatic heterocycles. The van der Waals surface area contributed by atoms with Crippen LogP contribution < -0.4 is 15.6 Å². The monoisotopic (exact) mass is 401 g/mol. The van der Waals surface area contributed by atoms with Gasteiger partial charge in [0.1, 0.15) is 17.6 Å². The first-order chi connectivity index (χ1) is 13.8. The van der Waals surface area contributed by atoms with Crippen LogP contribution in [-0.4, -0.2) is 39.2 Å². The number of aliphatic carboxylic acids is 1. The summed E-state index contributed by atoms with van der Waals surface area (Å²) in [5.41, 5.74) is 0.521. The number of rotatable bonds is 7. The summed E-state index contributed by atoms with van der Waals surface area (Å²) in [6, 6.07) is 4.03. The van der Waals surface area contributed by atoms with Gasteiger partial charge in [-0.25, -0.2) is 9.78 Å². The average Bonchev–Trinajstić information content (AvgIpc) is 2.91. The van der Waals surface area contributed by atoms with Crippen molar-refractivity contribution in [1.29, 1.82) is 0 Å². The van der Waals surface area contributed by atoms with Crippen molar-refractivity contribution in [3.05, 3.63) is 34.4 Å². The van der Waals surface area contributed by atoms with Crippen molar-refractivity contribution in [1.82, 2.24) is 14.9 Å². The normalized spacial score (nSPS) is 14.9. The molecule has 0 radical (unpaired) electrons. The average molecular weight is 401 g/mol. The molecule has 2 N–H and O–H groups in total. The third kappa shape index (κ3) is 5.13. The molecular weight excluding hydrogens is 374 g/mol. The second-order valence-corrected chi connectivity index (χ2v) is 7.85. The number of nitrogens with zero attached hydrogens (tertiary/aromatic N) is 2. The van der Waals surface area contributed by atoms with Crippen LogP contribution in [0, 0.1) is 5.92 Å². The number of ether oxygens (including phenoxy) is 1. The van der Waals surface area contributed by atoms with Crippen molar-refractivity contribution < 1.29 is 19.4 Å². The Hall–Kier alpha value is -2.90. The Labute approximate surface area is 168 Å². The minimum atomic E-state index is -1.07. The van der Waals surface area contributed by atoms with Gasteiger partial charge in [0, 0.05) is 13.0 Å². The molecule has 8 heteroatoms. The van der Waals surface area contributed by atoms with E-state index in [0.717, 1.165) is 31.5 Å². The number of aryl methyl sites for hydroxylation is 1. The molecule has 1 atom stereocenters. The lowest BCUT2D eigenvalue weighted by atomic mass is 10.0. The number of carboxylic acids is 1. The number of carbonyl (C=O) groups is 2. The molecule has 0 aliphatic carbocycles. The number of hydrogen-bond donors (Lipinski definition) is 2. The maximum absolute atomic E-state index is 12.9. The minimum absolute atomic E-state index is 0.0929. The SMILES string of the molecule is CC(C)CC(NC(=O)COc1ccc2nc3n(c(=O)c2c1)CCCCC3)C(=O)O. The summed E-state index contributed by atoms with van der Waals surface area (Å²) < 4.78 is 7.24. The van der Waals surface area contributed by atoms with Crippen LogP contribution in [0.5, 0.6) is 5.75 Å². The zero-order valence-electron chi connectivity index (χ0n) is 16.8. The molecule has 0 fully saturated rings. The number of benzene rings is 1. The van der Waals surface area contributed by atoms with Crippen molar-refractivity contribution in [2.45, 2.75) is 58.5 Å². The number of nitrogens with one attached hydrogen (secondary N) is 1. The van der Waals surface area contributed by atoms with Crippen molar-refractivity contribution in [2.24, 2.45) is 5.92 Å². The Balaban J connectivity index is 1.72. The van der Waals surface area contributed by atoms with E-state index in [1.54, 1.807) is 22.8 Å². The fraction of sp³-hybridized carbons (Fsp3) is 0.524. The number of hydrogen-bond acceptors (Lipinski definition) is 5. The molecule has 1 aliphatic heterocycles. The molecule has 2 aromatic rings. The molecule has 1 unspecified atom stereocenters. The van der Waals surface area contributed by atoms with E-state index in [0.29, 0.717) is 29.6 Å². The smallest absolute Gasteiger partial charge is 0.326 e. The molecule has 2 heterocycles. The molecular formula is C21H27N3O5. The van der Waals surface area contributed by atoms with E-state index in [-0.39, 0.29) is 18.1 Å². The number of amides is 1. The number of aromatic nitrogens is 2. The minimum Gasteiger partial charge on any atom is -0.484 e. The van der Waals surface area contributed by atoms with Crippen LogP contribution in [0.15, 0.2) is 23.0 Å². The molecule has 156 valence electrons. The van der Waals surface area contributed by atoms with E-state index in [1.807, 2.05) is 13.8 Å². The van der Waals surface area contributed by atoms with Crippen molar-refractivity contribution in [3.63, 3.8) is 0 Å². The maximum atomic E-state index is 12.9. The topological polar surface area (TPSA) is 111 Å². The second kappa shape index (κ2) is 9.07. The van der Waals surface area contributed by atoms with Crippen molar-refractivity contribution >= 4 is 22.8 Å². The molecule has 0 spiro atoms. The van der Waals surface area contributed by atoms with E-state index in [2.05, 4.69) is 10.3 Å². The molecule has 8 nitrogen and oxygen atoms in total. The van der Waals surface area contributed by atoms with Crippen LogP contribution in [-0.2, 0) is 22.6 Å². The Morgan fingerprint density at radius 2 is 2.07 bits per heavy atom. The van der Waals surface area contributed by atoms with E-state index >= 15 is 0 Å². The highest BCUT2D eigenvalue weighted by Gasteiger charge is 2.21. The van der Waals surface area contributed by atoms with E-state index in [9.17, 15) is 19.5 Å². The van der Waals surface area contributed by atoms with Crippen LogP contribution in [0.25, 0.3) is 10.9 Å². The zero-order chi connectivity index (χ0) is 21.0. The quantitative estimate of drug-likeness (QED) is 0.735. The first kappa shape index (κ1) is 20.8. The third-order valence-corrected chi connectivity index (χ3v) is 5.00. The van der Waals surface area contributed by atoms with Crippen molar-refractivity contribution in [2.75, 3.05) is 6.61 Å². The second-order valence-electron chi connectivity index (χ2n) is 7.85. The summed E-state index contributed by atoms with van der Waals surface area (Å²) in [6.45, 7) is 4.12. The predicted octanol–water partition coefficient (Wildman–Crippen LogP) is 2.12. The van der Waals surface area contributed by atoms with Crippen LogP contribution in [0.2, 0.25) is 0 Å². The van der Waals surface area contributed by atoms with Gasteiger partial charge >= 0.3 is 5.97 Å². The molecule has 0 saturated carbocycles. The fourth-order valence-corrected chi connectivity index (χ4v) is 3.56. The molecule has 29 heavy (non-hydrogen) atoms. The number of carbonyl (C=O) groups excluding carboxylic acids is 1. The summed E-state index contributed by atoms with van der Waals surface area (Å²) in [5.74, 6) is -0.268. The van der Waals surface area contributed by atoms with Gasteiger partial charge in [0.15, 0.2) is 6.61 Å². The molecule has 1 aromatic carbocycles. The molecule has 0 saturated heterocycles. The Kier molecular flexibility index (Phi) is 6.51. The lowest BCUT2D eigenvalue weighted by Crippen LogP contribution is -2.43. The summed E-state index contributed by atoms with van der Waals surface area (Å²) in [6.07, 6.45) is 4.20. The van der Waals surface area contributed by atoms with Crippen LogP contribution in [0.1, 0.15) is 45.4 Å². The van der Waals surface area contributed by atoms with Gasteiger partial charge in [-0.3, -0.25) is 14.2 Å². The third-order valence-electron chi connectivity index (χ3n) is 5.00. The lowest BCUT2D eigenvalue weighted by Gasteiger charge is -2.16. The Morgan fingerprint density at radius 1 is 1.28 bits per heavy atom. The molecule has 1 amide bonds. The predicted molar refractivity (Wildman–Crippen MR) is 108 cm³/mol. The summed E-state index contributed by atoms with van der Waals surface area (Å²) in [5, 5.41) is 12.2. The highest BCUT2D eigenvalue weighted by Crippen LogP contribution is 2.19. The molecule has 3 rings (SSSR count). The maximum Gasteiger partial charge on any atom is 0.326 e. The summed E-state index contributed by atoms with van der Waals surface area (Å²) in [4.78, 5) is 40.9. The zero-order valence-corrected chi connectivity index (χ0v) is 16.8. The van der Waals surface area contributed by atoms with Crippen LogP contribution in [0.4, 0.5) is 0 Å². The van der Waals surface area contributed by atoms with Gasteiger partial charge in [0.05, 0.1) is 10.9 Å². The first-order valence-electron chi connectivity index (χ1n) is 10.0. The van der Waals surface area contributed by atoms with E-state index in [1.165, 1.54) is 0 Å². The van der Waals surface area contributed by atoms with Gasteiger partial charge in [-0.05, 0) is 43.4 Å². The standard InChI is InChI=1S/C21H27N3O5/c1-13(2)10-17(21(27)28)23-19(25)12-29-14-7-8-16-15(11-14)20(26)24-9-5-3-4-6-18(24)22-16/h7-8,11,13,17H,3-6,9-10,12H2,1-2H3,(H,23,25)(H,27,28). The van der Waals surface area contributed by atoms with E-state index < -0.39 is 17.9 Å². The number of fused-ring (bicyclic) bond motifs is 2. The Morgan fingerprint density at radius 3 is 2.79 bits per heavy atom. The van der Waals surface area contributed by atoms with Crippen LogP contribution >= 0.6 is 0 Å². The lowest BCUT2D eigenvalue weighted by molar-refractivity contribution is -0.142. The van der Waals surface area contributed by atoms with Gasteiger partial charge in [0.25, 0.3) is 11.5 Å². The highest BCUT2D eigenvalue weighted by molar-refractivity contribution is 5.84. The van der Waals surface area contributed by atoms with Gasteiger partial charge in [-0.1, -0.05) is 20.3 Å². The number of carboxylic acid groups (broad SMARTS) is 1. The summed E-state index contributed by atoms with van der Waals surface area (Å²) in [7, 11) is 0. The molecule has 0 bridgehead atoms. The van der Waals surface area contributed by atoms with Gasteiger partial charge < -0.3 is 15.2 Å². The fourth-order valence-electron chi connectivity index (χ4n) is 3.56. The largest absolute Gasteiger partial charge is 0.484 e. The Bertz CT molecular complexity index is 967.